The van der Waals surface area contributed by atoms with Crippen LogP contribution in [0.5, 0.6) is 0 Å². The predicted molar refractivity (Wildman–Crippen MR) is 78.4 cm³/mol. The standard InChI is InChI=1S/C16H24N2/c1-4-7-13-17-14-16(18(5-2)6-3)15-11-9-8-10-12-15/h1,8-12,16-17H,5-7,13-14H2,2-3H3. The number of nitrogens with zero attached hydrogens (tertiary/aromatic N) is 1. The van der Waals surface area contributed by atoms with Crippen LogP contribution in [-0.2, 0) is 0 Å². The summed E-state index contributed by atoms with van der Waals surface area (Å²) in [5.74, 6) is 2.66. The Morgan fingerprint density at radius 2 is 1.89 bits per heavy atom. The van der Waals surface area contributed by atoms with Crippen LogP contribution in [0.1, 0.15) is 31.9 Å². The molecule has 0 saturated heterocycles. The lowest BCUT2D eigenvalue weighted by Gasteiger charge is -2.30. The van der Waals surface area contributed by atoms with Gasteiger partial charge in [0.2, 0.25) is 0 Å². The number of terminal acetylenes is 1. The SMILES string of the molecule is C#CCCNCC(c1ccccc1)N(CC)CC. The van der Waals surface area contributed by atoms with Gasteiger partial charge >= 0.3 is 0 Å². The minimum absolute atomic E-state index is 0.430. The molecule has 1 unspecified atom stereocenters. The maximum atomic E-state index is 5.27. The molecule has 2 nitrogen and oxygen atoms in total. The molecule has 1 atom stereocenters. The maximum absolute atomic E-state index is 5.27. The van der Waals surface area contributed by atoms with Gasteiger partial charge in [-0.15, -0.1) is 12.3 Å². The predicted octanol–water partition coefficient (Wildman–Crippen LogP) is 2.68. The molecule has 2 heteroatoms. The van der Waals surface area contributed by atoms with E-state index in [-0.39, 0.29) is 0 Å². The summed E-state index contributed by atoms with van der Waals surface area (Å²) >= 11 is 0. The van der Waals surface area contributed by atoms with Crippen LogP contribution in [0.4, 0.5) is 0 Å². The molecule has 0 aliphatic heterocycles. The summed E-state index contributed by atoms with van der Waals surface area (Å²) in [6.45, 7) is 8.38. The minimum atomic E-state index is 0.430. The quantitative estimate of drug-likeness (QED) is 0.559. The molecular weight excluding hydrogens is 220 g/mol. The number of nitrogens with one attached hydrogen (secondary N) is 1. The molecule has 0 radical (unpaired) electrons. The van der Waals surface area contributed by atoms with Gasteiger partial charge in [0.15, 0.2) is 0 Å². The van der Waals surface area contributed by atoms with Crippen molar-refractivity contribution in [3.63, 3.8) is 0 Å². The zero-order valence-corrected chi connectivity index (χ0v) is 11.5. The van der Waals surface area contributed by atoms with Crippen molar-refractivity contribution < 1.29 is 0 Å². The number of benzene rings is 1. The second kappa shape index (κ2) is 8.74. The Bertz CT molecular complexity index is 349. The third-order valence-corrected chi connectivity index (χ3v) is 3.22. The summed E-state index contributed by atoms with van der Waals surface area (Å²) in [4.78, 5) is 2.47. The van der Waals surface area contributed by atoms with E-state index in [0.717, 1.165) is 32.6 Å². The highest BCUT2D eigenvalue weighted by molar-refractivity contribution is 5.19. The summed E-state index contributed by atoms with van der Waals surface area (Å²) in [5, 5.41) is 3.45. The summed E-state index contributed by atoms with van der Waals surface area (Å²) < 4.78 is 0. The molecule has 0 bridgehead atoms. The highest BCUT2D eigenvalue weighted by atomic mass is 15.2. The molecule has 1 aromatic rings. The van der Waals surface area contributed by atoms with Gasteiger partial charge in [-0.3, -0.25) is 4.90 Å². The fraction of sp³-hybridized carbons (Fsp3) is 0.500. The average Bonchev–Trinajstić information content (AvgIpc) is 2.43. The van der Waals surface area contributed by atoms with Crippen LogP contribution in [0.3, 0.4) is 0 Å². The number of likely N-dealkylation sites (N-methyl/N-ethyl adjacent to an activating group) is 1. The van der Waals surface area contributed by atoms with Crippen molar-refractivity contribution in [1.82, 2.24) is 10.2 Å². The molecule has 98 valence electrons. The van der Waals surface area contributed by atoms with Crippen LogP contribution in [0.25, 0.3) is 0 Å². The highest BCUT2D eigenvalue weighted by Crippen LogP contribution is 2.19. The Kier molecular flexibility index (Phi) is 7.17. The van der Waals surface area contributed by atoms with E-state index >= 15 is 0 Å². The molecule has 0 aromatic heterocycles. The van der Waals surface area contributed by atoms with Gasteiger partial charge in [0, 0.05) is 25.6 Å². The average molecular weight is 244 g/mol. The van der Waals surface area contributed by atoms with Gasteiger partial charge in [0.25, 0.3) is 0 Å². The molecule has 0 aliphatic rings. The summed E-state index contributed by atoms with van der Waals surface area (Å²) in [7, 11) is 0. The largest absolute Gasteiger partial charge is 0.314 e. The van der Waals surface area contributed by atoms with Crippen LogP contribution in [0.2, 0.25) is 0 Å². The van der Waals surface area contributed by atoms with Crippen molar-refractivity contribution in [2.75, 3.05) is 26.2 Å². The minimum Gasteiger partial charge on any atom is -0.314 e. The second-order valence-electron chi connectivity index (χ2n) is 4.31. The van der Waals surface area contributed by atoms with Crippen LogP contribution in [0, 0.1) is 12.3 Å². The fourth-order valence-corrected chi connectivity index (χ4v) is 2.20. The van der Waals surface area contributed by atoms with Crippen LogP contribution in [-0.4, -0.2) is 31.1 Å². The molecule has 0 saturated carbocycles. The van der Waals surface area contributed by atoms with Crippen molar-refractivity contribution in [2.24, 2.45) is 0 Å². The zero-order valence-electron chi connectivity index (χ0n) is 11.5. The lowest BCUT2D eigenvalue weighted by molar-refractivity contribution is 0.214. The molecule has 1 rings (SSSR count). The third kappa shape index (κ3) is 4.52. The molecule has 0 spiro atoms. The Balaban J connectivity index is 2.67. The van der Waals surface area contributed by atoms with Crippen LogP contribution in [0.15, 0.2) is 30.3 Å². The van der Waals surface area contributed by atoms with Gasteiger partial charge in [0.1, 0.15) is 0 Å². The van der Waals surface area contributed by atoms with Crippen molar-refractivity contribution >= 4 is 0 Å². The van der Waals surface area contributed by atoms with Crippen LogP contribution < -0.4 is 5.32 Å². The van der Waals surface area contributed by atoms with E-state index in [1.165, 1.54) is 5.56 Å². The van der Waals surface area contributed by atoms with Crippen molar-refractivity contribution in [2.45, 2.75) is 26.3 Å². The van der Waals surface area contributed by atoms with Gasteiger partial charge in [-0.05, 0) is 18.7 Å². The van der Waals surface area contributed by atoms with Gasteiger partial charge in [-0.2, -0.15) is 0 Å². The summed E-state index contributed by atoms with van der Waals surface area (Å²) in [5.41, 5.74) is 1.37. The first kappa shape index (κ1) is 14.8. The molecule has 1 N–H and O–H groups in total. The van der Waals surface area contributed by atoms with E-state index in [9.17, 15) is 0 Å². The van der Waals surface area contributed by atoms with Crippen molar-refractivity contribution in [3.05, 3.63) is 35.9 Å². The Morgan fingerprint density at radius 1 is 1.22 bits per heavy atom. The van der Waals surface area contributed by atoms with E-state index in [1.54, 1.807) is 0 Å². The monoisotopic (exact) mass is 244 g/mol. The fourth-order valence-electron chi connectivity index (χ4n) is 2.20. The summed E-state index contributed by atoms with van der Waals surface area (Å²) in [6, 6.07) is 11.1. The Labute approximate surface area is 111 Å². The van der Waals surface area contributed by atoms with Gasteiger partial charge in [0.05, 0.1) is 0 Å². The van der Waals surface area contributed by atoms with E-state index in [2.05, 4.69) is 60.3 Å². The van der Waals surface area contributed by atoms with E-state index in [4.69, 9.17) is 6.42 Å². The summed E-state index contributed by atoms with van der Waals surface area (Å²) in [6.07, 6.45) is 6.06. The van der Waals surface area contributed by atoms with E-state index in [1.807, 2.05) is 0 Å². The first-order valence-corrected chi connectivity index (χ1v) is 6.76. The topological polar surface area (TPSA) is 15.3 Å². The molecule has 1 aromatic carbocycles. The van der Waals surface area contributed by atoms with Gasteiger partial charge < -0.3 is 5.32 Å². The molecule has 18 heavy (non-hydrogen) atoms. The lowest BCUT2D eigenvalue weighted by atomic mass is 10.1. The number of rotatable bonds is 8. The first-order valence-electron chi connectivity index (χ1n) is 6.76. The number of hydrogen-bond donors (Lipinski definition) is 1. The lowest BCUT2D eigenvalue weighted by Crippen LogP contribution is -2.36. The Hall–Kier alpha value is -1.30. The van der Waals surface area contributed by atoms with Crippen LogP contribution >= 0.6 is 0 Å². The maximum Gasteiger partial charge on any atom is 0.0472 e. The molecule has 0 fully saturated rings. The van der Waals surface area contributed by atoms with E-state index in [0.29, 0.717) is 6.04 Å². The zero-order chi connectivity index (χ0) is 13.2. The smallest absolute Gasteiger partial charge is 0.0472 e. The molecular formula is C16H24N2. The first-order chi connectivity index (χ1) is 8.83. The third-order valence-electron chi connectivity index (χ3n) is 3.22. The van der Waals surface area contributed by atoms with Crippen molar-refractivity contribution in [3.8, 4) is 12.3 Å². The van der Waals surface area contributed by atoms with Gasteiger partial charge in [-0.1, -0.05) is 44.2 Å². The van der Waals surface area contributed by atoms with E-state index < -0.39 is 0 Å². The van der Waals surface area contributed by atoms with Crippen molar-refractivity contribution in [1.29, 1.82) is 0 Å². The number of hydrogen-bond acceptors (Lipinski definition) is 2. The molecule has 0 heterocycles. The van der Waals surface area contributed by atoms with Gasteiger partial charge in [-0.25, -0.2) is 0 Å². The highest BCUT2D eigenvalue weighted by Gasteiger charge is 2.16. The Morgan fingerprint density at radius 3 is 2.44 bits per heavy atom. The molecule has 0 aliphatic carbocycles. The molecule has 0 amide bonds. The normalized spacial score (nSPS) is 12.3. The second-order valence-corrected chi connectivity index (χ2v) is 4.31.